The van der Waals surface area contributed by atoms with Gasteiger partial charge in [0.2, 0.25) is 0 Å². The highest BCUT2D eigenvalue weighted by atomic mass is 16.7. The van der Waals surface area contributed by atoms with Crippen LogP contribution in [0.5, 0.6) is 0 Å². The normalized spacial score (nSPS) is 17.2. The minimum Gasteiger partial charge on any atom is -0.444 e. The van der Waals surface area contributed by atoms with Gasteiger partial charge in [-0.15, -0.1) is 0 Å². The number of hydrogen-bond donors (Lipinski definition) is 3. The molecule has 0 bridgehead atoms. The molecule has 1 aromatic carbocycles. The van der Waals surface area contributed by atoms with Crippen molar-refractivity contribution in [3.8, 4) is 0 Å². The fraction of sp³-hybridized carbons (Fsp3) is 0.652. The lowest BCUT2D eigenvalue weighted by molar-refractivity contribution is -0.0589. The van der Waals surface area contributed by atoms with Crippen LogP contribution in [0.3, 0.4) is 0 Å². The molecule has 31 heavy (non-hydrogen) atoms. The number of ether oxygens (including phenoxy) is 1. The van der Waals surface area contributed by atoms with Gasteiger partial charge in [-0.1, -0.05) is 0 Å². The highest BCUT2D eigenvalue weighted by Gasteiger charge is 2.23. The lowest BCUT2D eigenvalue weighted by Crippen LogP contribution is -2.38. The Hall–Kier alpha value is -2.48. The van der Waals surface area contributed by atoms with Gasteiger partial charge in [-0.2, -0.15) is 0 Å². The van der Waals surface area contributed by atoms with Crippen LogP contribution in [0.25, 0.3) is 0 Å². The van der Waals surface area contributed by atoms with Crippen LogP contribution >= 0.6 is 0 Å². The summed E-state index contributed by atoms with van der Waals surface area (Å²) < 4.78 is 5.28. The molecule has 8 heteroatoms. The summed E-state index contributed by atoms with van der Waals surface area (Å²) in [4.78, 5) is 31.9. The van der Waals surface area contributed by atoms with Gasteiger partial charge in [0, 0.05) is 25.2 Å². The zero-order valence-electron chi connectivity index (χ0n) is 19.7. The lowest BCUT2D eigenvalue weighted by atomic mass is 9.94. The number of carbonyl (C=O) groups is 2. The van der Waals surface area contributed by atoms with Crippen molar-refractivity contribution < 1.29 is 19.2 Å². The molecular weight excluding hydrogens is 396 g/mol. The molecule has 0 spiro atoms. The number of carbonyl (C=O) groups excluding carboxylic acids is 2. The fourth-order valence-corrected chi connectivity index (χ4v) is 3.43. The quantitative estimate of drug-likeness (QED) is 0.464. The number of amides is 2. The van der Waals surface area contributed by atoms with Gasteiger partial charge in [0.05, 0.1) is 17.0 Å². The van der Waals surface area contributed by atoms with Gasteiger partial charge in [-0.3, -0.25) is 9.63 Å². The van der Waals surface area contributed by atoms with Gasteiger partial charge in [0.15, 0.2) is 0 Å². The molecular formula is C23H38N4O4. The van der Waals surface area contributed by atoms with Gasteiger partial charge in [-0.25, -0.2) is 10.3 Å². The first kappa shape index (κ1) is 24.8. The maximum absolute atomic E-state index is 12.5. The largest absolute Gasteiger partial charge is 0.444 e. The highest BCUT2D eigenvalue weighted by molar-refractivity contribution is 5.95. The molecule has 0 radical (unpaired) electrons. The molecule has 174 valence electrons. The fourth-order valence-electron chi connectivity index (χ4n) is 3.43. The Balaban J connectivity index is 1.95. The molecule has 0 aliphatic carbocycles. The number of anilines is 2. The third-order valence-corrected chi connectivity index (χ3v) is 4.82. The maximum atomic E-state index is 12.5. The molecule has 1 aromatic rings. The van der Waals surface area contributed by atoms with Gasteiger partial charge in [-0.05, 0) is 84.9 Å². The molecule has 2 amide bonds. The van der Waals surface area contributed by atoms with E-state index < -0.39 is 11.2 Å². The van der Waals surface area contributed by atoms with Crippen LogP contribution in [0.1, 0.15) is 71.2 Å². The number of piperidine rings is 1. The van der Waals surface area contributed by atoms with Crippen molar-refractivity contribution in [2.75, 3.05) is 30.3 Å². The number of nitrogens with zero attached hydrogens (tertiary/aromatic N) is 1. The molecule has 1 aliphatic heterocycles. The third kappa shape index (κ3) is 8.65. The molecule has 1 saturated heterocycles. The van der Waals surface area contributed by atoms with Crippen LogP contribution in [0.15, 0.2) is 18.2 Å². The van der Waals surface area contributed by atoms with E-state index in [1.165, 1.54) is 0 Å². The Morgan fingerprint density at radius 1 is 1.16 bits per heavy atom. The third-order valence-electron chi connectivity index (χ3n) is 4.82. The lowest BCUT2D eigenvalue weighted by Gasteiger charge is -2.35. The zero-order chi connectivity index (χ0) is 23.2. The second-order valence-electron chi connectivity index (χ2n) is 10.1. The monoisotopic (exact) mass is 434 g/mol. The highest BCUT2D eigenvalue weighted by Crippen LogP contribution is 2.30. The summed E-state index contributed by atoms with van der Waals surface area (Å²) in [6, 6.07) is 5.28. The van der Waals surface area contributed by atoms with Gasteiger partial charge in [0.1, 0.15) is 5.60 Å². The Bertz CT molecular complexity index is 768. The zero-order valence-corrected chi connectivity index (χ0v) is 19.7. The minimum absolute atomic E-state index is 0.300. The van der Waals surface area contributed by atoms with E-state index >= 15 is 0 Å². The molecule has 1 unspecified atom stereocenters. The number of nitrogens with one attached hydrogen (secondary N) is 2. The maximum Gasteiger partial charge on any atom is 0.407 e. The minimum atomic E-state index is -0.502. The number of benzene rings is 1. The molecule has 0 aromatic heterocycles. The number of alkyl carbamates (subject to hydrolysis) is 1. The van der Waals surface area contributed by atoms with Crippen molar-refractivity contribution in [1.82, 2.24) is 10.8 Å². The van der Waals surface area contributed by atoms with Crippen LogP contribution in [-0.4, -0.2) is 42.8 Å². The number of rotatable bonds is 6. The van der Waals surface area contributed by atoms with Crippen molar-refractivity contribution >= 4 is 23.4 Å². The molecule has 4 N–H and O–H groups in total. The van der Waals surface area contributed by atoms with E-state index in [9.17, 15) is 9.59 Å². The van der Waals surface area contributed by atoms with Gasteiger partial charge in [0.25, 0.3) is 5.91 Å². The molecule has 2 rings (SSSR count). The number of nitrogen functional groups attached to an aromatic ring is 1. The van der Waals surface area contributed by atoms with Crippen molar-refractivity contribution in [3.05, 3.63) is 23.8 Å². The van der Waals surface area contributed by atoms with Crippen molar-refractivity contribution in [2.24, 2.45) is 5.92 Å². The smallest absolute Gasteiger partial charge is 0.407 e. The van der Waals surface area contributed by atoms with Crippen molar-refractivity contribution in [1.29, 1.82) is 0 Å². The van der Waals surface area contributed by atoms with E-state index in [-0.39, 0.29) is 12.0 Å². The van der Waals surface area contributed by atoms with Gasteiger partial charge < -0.3 is 20.7 Å². The summed E-state index contributed by atoms with van der Waals surface area (Å²) in [7, 11) is 0. The van der Waals surface area contributed by atoms with Gasteiger partial charge >= 0.3 is 6.09 Å². The van der Waals surface area contributed by atoms with Crippen LogP contribution < -0.4 is 21.4 Å². The molecule has 1 fully saturated rings. The summed E-state index contributed by atoms with van der Waals surface area (Å²) in [6.07, 6.45) is 2.59. The summed E-state index contributed by atoms with van der Waals surface area (Å²) in [6.45, 7) is 13.4. The summed E-state index contributed by atoms with van der Waals surface area (Å²) >= 11 is 0. The van der Waals surface area contributed by atoms with E-state index in [0.717, 1.165) is 38.0 Å². The Morgan fingerprint density at radius 2 is 1.87 bits per heavy atom. The molecule has 1 aliphatic rings. The first-order valence-corrected chi connectivity index (χ1v) is 10.9. The summed E-state index contributed by atoms with van der Waals surface area (Å²) in [5.41, 5.74) is 9.75. The number of hydrogen-bond acceptors (Lipinski definition) is 6. The second kappa shape index (κ2) is 10.2. The SMILES string of the molecule is CC(C)(C)ONC(=O)c1ccc(N)c(N2CCCC(CCNC(=O)OC(C)(C)C)C2)c1. The Morgan fingerprint density at radius 3 is 2.52 bits per heavy atom. The van der Waals surface area contributed by atoms with Crippen molar-refractivity contribution in [2.45, 2.75) is 72.0 Å². The average Bonchev–Trinajstić information content (AvgIpc) is 2.64. The Kier molecular flexibility index (Phi) is 8.17. The van der Waals surface area contributed by atoms with E-state index in [2.05, 4.69) is 15.7 Å². The summed E-state index contributed by atoms with van der Waals surface area (Å²) in [5.74, 6) is 0.121. The molecule has 1 heterocycles. The van der Waals surface area contributed by atoms with Crippen LogP contribution in [-0.2, 0) is 9.57 Å². The van der Waals surface area contributed by atoms with E-state index in [4.69, 9.17) is 15.3 Å². The van der Waals surface area contributed by atoms with E-state index in [0.29, 0.717) is 23.7 Å². The van der Waals surface area contributed by atoms with E-state index in [1.807, 2.05) is 47.6 Å². The number of hydroxylamine groups is 1. The van der Waals surface area contributed by atoms with Crippen molar-refractivity contribution in [3.63, 3.8) is 0 Å². The van der Waals surface area contributed by atoms with Crippen LogP contribution in [0.4, 0.5) is 16.2 Å². The second-order valence-corrected chi connectivity index (χ2v) is 10.1. The first-order chi connectivity index (χ1) is 14.3. The molecule has 0 saturated carbocycles. The number of nitrogens with two attached hydrogens (primary N) is 1. The first-order valence-electron chi connectivity index (χ1n) is 10.9. The summed E-state index contributed by atoms with van der Waals surface area (Å²) in [5, 5.41) is 2.83. The topological polar surface area (TPSA) is 106 Å². The average molecular weight is 435 g/mol. The standard InChI is InChI=1S/C23H38N4O4/c1-22(2,3)30-21(29)25-12-11-16-8-7-13-27(15-16)19-14-17(9-10-18(19)24)20(28)26-31-23(4,5)6/h9-10,14,16H,7-8,11-13,15,24H2,1-6H3,(H,25,29)(H,26,28). The molecule has 1 atom stereocenters. The van der Waals surface area contributed by atoms with Crippen LogP contribution in [0, 0.1) is 5.92 Å². The van der Waals surface area contributed by atoms with Crippen LogP contribution in [0.2, 0.25) is 0 Å². The van der Waals surface area contributed by atoms with E-state index in [1.54, 1.807) is 12.1 Å². The molecule has 8 nitrogen and oxygen atoms in total. The predicted octanol–water partition coefficient (Wildman–Crippen LogP) is 3.86. The predicted molar refractivity (Wildman–Crippen MR) is 123 cm³/mol. The Labute approximate surface area is 185 Å².